The Balaban J connectivity index is 2.63. The average molecular weight is 327 g/mol. The predicted octanol–water partition coefficient (Wildman–Crippen LogP) is 2.95. The van der Waals surface area contributed by atoms with Crippen molar-refractivity contribution in [2.45, 2.75) is 26.7 Å². The number of nitrogens with zero attached hydrogens (tertiary/aromatic N) is 1. The second-order valence-electron chi connectivity index (χ2n) is 4.50. The van der Waals surface area contributed by atoms with Crippen LogP contribution in [0, 0.1) is 6.92 Å². The lowest BCUT2D eigenvalue weighted by molar-refractivity contribution is -0.142. The Morgan fingerprint density at radius 3 is 2.63 bits per heavy atom. The number of anilines is 1. The number of likely N-dealkylation sites (N-methyl/N-ethyl adjacent to an activating group) is 1. The molecule has 0 fully saturated rings. The molecule has 0 saturated carbocycles. The summed E-state index contributed by atoms with van der Waals surface area (Å²) in [4.78, 5) is 25.0. The highest BCUT2D eigenvalue weighted by atomic mass is 79.9. The number of aryl methyl sites for hydroxylation is 1. The Morgan fingerprint density at radius 1 is 1.37 bits per heavy atom. The normalized spacial score (nSPS) is 10.1. The van der Waals surface area contributed by atoms with E-state index in [9.17, 15) is 9.59 Å². The van der Waals surface area contributed by atoms with Gasteiger partial charge in [-0.1, -0.05) is 35.3 Å². The number of carbonyl (C=O) groups is 2. The zero-order valence-electron chi connectivity index (χ0n) is 11.5. The number of rotatable bonds is 4. The lowest BCUT2D eigenvalue weighted by Crippen LogP contribution is -2.37. The molecule has 0 heterocycles. The van der Waals surface area contributed by atoms with Gasteiger partial charge in [0.2, 0.25) is 0 Å². The quantitative estimate of drug-likeness (QED) is 0.865. The van der Waals surface area contributed by atoms with Gasteiger partial charge < -0.3 is 10.2 Å². The van der Waals surface area contributed by atoms with Gasteiger partial charge in [-0.2, -0.15) is 0 Å². The first kappa shape index (κ1) is 15.7. The number of carbonyl (C=O) groups excluding carboxylic acids is 2. The van der Waals surface area contributed by atoms with Crippen molar-refractivity contribution in [3.8, 4) is 0 Å². The molecule has 2 amide bonds. The SMILES string of the molecule is CCCCN(C)C(=O)C(=O)Nc1ccc(C)c(Br)c1. The Hall–Kier alpha value is -1.36. The molecule has 0 saturated heterocycles. The van der Waals surface area contributed by atoms with Crippen molar-refractivity contribution < 1.29 is 9.59 Å². The van der Waals surface area contributed by atoms with Crippen LogP contribution in [0.5, 0.6) is 0 Å². The largest absolute Gasteiger partial charge is 0.338 e. The number of halogens is 1. The minimum Gasteiger partial charge on any atom is -0.338 e. The molecule has 1 aromatic carbocycles. The average Bonchev–Trinajstić information content (AvgIpc) is 2.39. The smallest absolute Gasteiger partial charge is 0.313 e. The molecule has 0 aliphatic rings. The van der Waals surface area contributed by atoms with Crippen LogP contribution in [-0.4, -0.2) is 30.3 Å². The lowest BCUT2D eigenvalue weighted by Gasteiger charge is -2.16. The summed E-state index contributed by atoms with van der Waals surface area (Å²) in [6, 6.07) is 5.44. The van der Waals surface area contributed by atoms with E-state index in [4.69, 9.17) is 0 Å². The van der Waals surface area contributed by atoms with Crippen molar-refractivity contribution in [3.63, 3.8) is 0 Å². The van der Waals surface area contributed by atoms with Gasteiger partial charge in [-0.3, -0.25) is 9.59 Å². The summed E-state index contributed by atoms with van der Waals surface area (Å²) < 4.78 is 0.900. The summed E-state index contributed by atoms with van der Waals surface area (Å²) in [6.45, 7) is 4.60. The molecule has 0 unspecified atom stereocenters. The van der Waals surface area contributed by atoms with E-state index in [0.29, 0.717) is 12.2 Å². The van der Waals surface area contributed by atoms with E-state index in [0.717, 1.165) is 22.9 Å². The molecule has 1 aromatic rings. The fourth-order valence-electron chi connectivity index (χ4n) is 1.53. The zero-order valence-corrected chi connectivity index (χ0v) is 13.1. The molecule has 0 aliphatic carbocycles. The first-order chi connectivity index (χ1) is 8.95. The highest BCUT2D eigenvalue weighted by Gasteiger charge is 2.18. The van der Waals surface area contributed by atoms with Crippen molar-refractivity contribution in [2.24, 2.45) is 0 Å². The maximum Gasteiger partial charge on any atom is 0.313 e. The Labute approximate surface area is 122 Å². The van der Waals surface area contributed by atoms with Crippen molar-refractivity contribution in [3.05, 3.63) is 28.2 Å². The van der Waals surface area contributed by atoms with Gasteiger partial charge >= 0.3 is 11.8 Å². The van der Waals surface area contributed by atoms with E-state index in [1.165, 1.54) is 4.90 Å². The summed E-state index contributed by atoms with van der Waals surface area (Å²) in [6.07, 6.45) is 1.88. The molecule has 0 radical (unpaired) electrons. The van der Waals surface area contributed by atoms with Gasteiger partial charge in [0.05, 0.1) is 0 Å². The van der Waals surface area contributed by atoms with Crippen LogP contribution in [0.4, 0.5) is 5.69 Å². The van der Waals surface area contributed by atoms with E-state index >= 15 is 0 Å². The van der Waals surface area contributed by atoms with Crippen LogP contribution >= 0.6 is 15.9 Å². The molecule has 4 nitrogen and oxygen atoms in total. The summed E-state index contributed by atoms with van der Waals surface area (Å²) in [5.41, 5.74) is 1.68. The van der Waals surface area contributed by atoms with Crippen LogP contribution in [0.1, 0.15) is 25.3 Å². The second-order valence-corrected chi connectivity index (χ2v) is 5.35. The third-order valence-electron chi connectivity index (χ3n) is 2.82. The molecule has 0 bridgehead atoms. The number of nitrogens with one attached hydrogen (secondary N) is 1. The minimum atomic E-state index is -0.602. The lowest BCUT2D eigenvalue weighted by atomic mass is 10.2. The summed E-state index contributed by atoms with van der Waals surface area (Å²) in [5.74, 6) is -1.11. The van der Waals surface area contributed by atoms with Crippen molar-refractivity contribution in [1.82, 2.24) is 4.90 Å². The molecule has 0 aromatic heterocycles. The molecular formula is C14H19BrN2O2. The van der Waals surface area contributed by atoms with Gasteiger partial charge in [-0.05, 0) is 31.0 Å². The van der Waals surface area contributed by atoms with E-state index in [1.807, 2.05) is 19.9 Å². The maximum atomic E-state index is 11.8. The van der Waals surface area contributed by atoms with E-state index in [2.05, 4.69) is 21.2 Å². The molecule has 19 heavy (non-hydrogen) atoms. The maximum absolute atomic E-state index is 11.8. The fraction of sp³-hybridized carbons (Fsp3) is 0.429. The number of amides is 2. The monoisotopic (exact) mass is 326 g/mol. The van der Waals surface area contributed by atoms with Crippen LogP contribution in [0.25, 0.3) is 0 Å². The van der Waals surface area contributed by atoms with E-state index < -0.39 is 11.8 Å². The Kier molecular flexibility index (Phi) is 6.02. The highest BCUT2D eigenvalue weighted by molar-refractivity contribution is 9.10. The fourth-order valence-corrected chi connectivity index (χ4v) is 1.90. The molecule has 0 spiro atoms. The van der Waals surface area contributed by atoms with Gasteiger partial charge in [0, 0.05) is 23.8 Å². The Bertz CT molecular complexity index is 475. The first-order valence-corrected chi connectivity index (χ1v) is 7.07. The molecular weight excluding hydrogens is 308 g/mol. The summed E-state index contributed by atoms with van der Waals surface area (Å²) in [7, 11) is 1.64. The molecule has 0 atom stereocenters. The molecule has 1 rings (SSSR count). The zero-order chi connectivity index (χ0) is 14.4. The van der Waals surface area contributed by atoms with Crippen LogP contribution in [0.3, 0.4) is 0 Å². The number of unbranched alkanes of at least 4 members (excludes halogenated alkanes) is 1. The van der Waals surface area contributed by atoms with Gasteiger partial charge in [0.25, 0.3) is 0 Å². The van der Waals surface area contributed by atoms with Crippen LogP contribution < -0.4 is 5.32 Å². The van der Waals surface area contributed by atoms with Gasteiger partial charge in [-0.15, -0.1) is 0 Å². The van der Waals surface area contributed by atoms with Crippen LogP contribution in [0.2, 0.25) is 0 Å². The third-order valence-corrected chi connectivity index (χ3v) is 3.67. The molecule has 5 heteroatoms. The van der Waals surface area contributed by atoms with Gasteiger partial charge in [0.15, 0.2) is 0 Å². The topological polar surface area (TPSA) is 49.4 Å². The Morgan fingerprint density at radius 2 is 2.05 bits per heavy atom. The van der Waals surface area contributed by atoms with Gasteiger partial charge in [0.1, 0.15) is 0 Å². The van der Waals surface area contributed by atoms with Crippen LogP contribution in [-0.2, 0) is 9.59 Å². The first-order valence-electron chi connectivity index (χ1n) is 6.28. The third kappa shape index (κ3) is 4.67. The van der Waals surface area contributed by atoms with Crippen molar-refractivity contribution in [2.75, 3.05) is 18.9 Å². The molecule has 0 aliphatic heterocycles. The standard InChI is InChI=1S/C14H19BrN2O2/c1-4-5-8-17(3)14(19)13(18)16-11-7-6-10(2)12(15)9-11/h6-7,9H,4-5,8H2,1-3H3,(H,16,18). The summed E-state index contributed by atoms with van der Waals surface area (Å²) in [5, 5.41) is 2.61. The van der Waals surface area contributed by atoms with E-state index in [1.54, 1.807) is 19.2 Å². The predicted molar refractivity (Wildman–Crippen MR) is 80.1 cm³/mol. The van der Waals surface area contributed by atoms with Crippen molar-refractivity contribution in [1.29, 1.82) is 0 Å². The molecule has 104 valence electrons. The van der Waals surface area contributed by atoms with Gasteiger partial charge in [-0.25, -0.2) is 0 Å². The second kappa shape index (κ2) is 7.28. The van der Waals surface area contributed by atoms with E-state index in [-0.39, 0.29) is 0 Å². The minimum absolute atomic E-state index is 0.509. The highest BCUT2D eigenvalue weighted by Crippen LogP contribution is 2.20. The van der Waals surface area contributed by atoms with Crippen LogP contribution in [0.15, 0.2) is 22.7 Å². The number of benzene rings is 1. The number of hydrogen-bond acceptors (Lipinski definition) is 2. The van der Waals surface area contributed by atoms with Crippen molar-refractivity contribution >= 4 is 33.4 Å². The molecule has 1 N–H and O–H groups in total. The summed E-state index contributed by atoms with van der Waals surface area (Å²) >= 11 is 3.39. The number of hydrogen-bond donors (Lipinski definition) is 1.